The summed E-state index contributed by atoms with van der Waals surface area (Å²) in [6, 6.07) is 6.67. The van der Waals surface area contributed by atoms with Gasteiger partial charge in [-0.1, -0.05) is 58.6 Å². The minimum Gasteiger partial charge on any atom is -0.398 e. The summed E-state index contributed by atoms with van der Waals surface area (Å²) < 4.78 is 0. The third-order valence-corrected chi connectivity index (χ3v) is 6.96. The molecule has 3 nitrogen and oxygen atoms in total. The Balaban J connectivity index is 1.50. The minimum absolute atomic E-state index is 0.575. The second-order valence-electron chi connectivity index (χ2n) is 10.4. The van der Waals surface area contributed by atoms with E-state index >= 15 is 0 Å². The van der Waals surface area contributed by atoms with Crippen LogP contribution in [0.4, 0.5) is 0 Å². The molecule has 2 N–H and O–H groups in total. The van der Waals surface area contributed by atoms with Crippen molar-refractivity contribution in [3.8, 4) is 0 Å². The first-order chi connectivity index (χ1) is 14.4. The maximum absolute atomic E-state index is 6.38. The third-order valence-electron chi connectivity index (χ3n) is 6.96. The summed E-state index contributed by atoms with van der Waals surface area (Å²) in [5.74, 6) is 3.07. The van der Waals surface area contributed by atoms with E-state index in [4.69, 9.17) is 5.73 Å². The summed E-state index contributed by atoms with van der Waals surface area (Å²) in [5, 5.41) is 0. The molecule has 2 fully saturated rings. The number of rotatable bonds is 8. The van der Waals surface area contributed by atoms with E-state index in [0.29, 0.717) is 5.92 Å². The molecule has 1 saturated heterocycles. The molecule has 1 heterocycles. The van der Waals surface area contributed by atoms with Crippen LogP contribution < -0.4 is 5.73 Å². The van der Waals surface area contributed by atoms with Crippen molar-refractivity contribution in [1.82, 2.24) is 4.90 Å². The topological polar surface area (TPSA) is 41.6 Å². The van der Waals surface area contributed by atoms with Crippen LogP contribution in [-0.4, -0.2) is 37.3 Å². The van der Waals surface area contributed by atoms with Gasteiger partial charge in [-0.15, -0.1) is 0 Å². The van der Waals surface area contributed by atoms with Crippen molar-refractivity contribution < 1.29 is 0 Å². The van der Waals surface area contributed by atoms with Gasteiger partial charge in [0.05, 0.1) is 0 Å². The number of benzene rings is 1. The van der Waals surface area contributed by atoms with E-state index in [-0.39, 0.29) is 0 Å². The quantitative estimate of drug-likeness (QED) is 0.559. The van der Waals surface area contributed by atoms with Crippen molar-refractivity contribution in [2.24, 2.45) is 34.4 Å². The van der Waals surface area contributed by atoms with Crippen molar-refractivity contribution in [1.29, 1.82) is 0 Å². The Kier molecular flexibility index (Phi) is 8.56. The second kappa shape index (κ2) is 11.1. The first kappa shape index (κ1) is 23.1. The highest BCUT2D eigenvalue weighted by atomic mass is 15.1. The highest BCUT2D eigenvalue weighted by Crippen LogP contribution is 2.29. The number of hydrogen-bond acceptors (Lipinski definition) is 3. The molecule has 3 unspecified atom stereocenters. The Morgan fingerprint density at radius 3 is 2.60 bits per heavy atom. The van der Waals surface area contributed by atoms with Crippen molar-refractivity contribution in [3.05, 3.63) is 41.0 Å². The van der Waals surface area contributed by atoms with Crippen molar-refractivity contribution >= 4 is 11.9 Å². The van der Waals surface area contributed by atoms with Crippen LogP contribution in [0.15, 0.2) is 29.3 Å². The van der Waals surface area contributed by atoms with Gasteiger partial charge in [0, 0.05) is 38.1 Å². The molecule has 1 saturated carbocycles. The van der Waals surface area contributed by atoms with E-state index in [2.05, 4.69) is 55.8 Å². The standard InChI is InChI=1S/C27H43N3/c1-20-13-21(2)18-30(17-20)19-22(3)16-29-12-11-27(28)25-10-9-23(4)26(15-25)14-24-7-5-6-8-24/h9-12,15,20-22,24H,5-8,13-14,16-19,28H2,1-4H3. The Bertz CT molecular complexity index is 720. The van der Waals surface area contributed by atoms with Crippen molar-refractivity contribution in [3.63, 3.8) is 0 Å². The van der Waals surface area contributed by atoms with Gasteiger partial charge in [0.2, 0.25) is 0 Å². The van der Waals surface area contributed by atoms with Crippen LogP contribution in [-0.2, 0) is 6.42 Å². The number of nitrogens with two attached hydrogens (primary N) is 1. The van der Waals surface area contributed by atoms with Gasteiger partial charge in [-0.2, -0.15) is 0 Å². The molecule has 1 aliphatic carbocycles. The number of hydrogen-bond donors (Lipinski definition) is 1. The largest absolute Gasteiger partial charge is 0.398 e. The van der Waals surface area contributed by atoms with Crippen LogP contribution in [0, 0.1) is 30.6 Å². The molecule has 3 atom stereocenters. The second-order valence-corrected chi connectivity index (χ2v) is 10.4. The number of nitrogens with zero attached hydrogens (tertiary/aromatic N) is 2. The predicted octanol–water partition coefficient (Wildman–Crippen LogP) is 5.71. The first-order valence-corrected chi connectivity index (χ1v) is 12.2. The predicted molar refractivity (Wildman–Crippen MR) is 131 cm³/mol. The molecule has 166 valence electrons. The van der Waals surface area contributed by atoms with Gasteiger partial charge in [-0.3, -0.25) is 4.99 Å². The molecule has 0 spiro atoms. The molecular weight excluding hydrogens is 366 g/mol. The maximum Gasteiger partial charge on any atom is 0.0427 e. The summed E-state index contributed by atoms with van der Waals surface area (Å²) in [4.78, 5) is 7.28. The van der Waals surface area contributed by atoms with E-state index in [1.165, 1.54) is 62.7 Å². The van der Waals surface area contributed by atoms with Gasteiger partial charge in [-0.05, 0) is 72.3 Å². The molecule has 2 aliphatic rings. The summed E-state index contributed by atoms with van der Waals surface area (Å²) >= 11 is 0. The maximum atomic E-state index is 6.38. The highest BCUT2D eigenvalue weighted by Gasteiger charge is 2.22. The van der Waals surface area contributed by atoms with Gasteiger partial charge >= 0.3 is 0 Å². The molecule has 0 radical (unpaired) electrons. The van der Waals surface area contributed by atoms with Gasteiger partial charge < -0.3 is 10.6 Å². The number of piperidine rings is 1. The monoisotopic (exact) mass is 409 g/mol. The lowest BCUT2D eigenvalue weighted by Gasteiger charge is -2.36. The lowest BCUT2D eigenvalue weighted by Crippen LogP contribution is -2.41. The van der Waals surface area contributed by atoms with E-state index in [9.17, 15) is 0 Å². The Morgan fingerprint density at radius 1 is 1.20 bits per heavy atom. The summed E-state index contributed by atoms with van der Waals surface area (Å²) in [6.07, 6.45) is 12.0. The average Bonchev–Trinajstić information content (AvgIpc) is 3.19. The molecule has 0 amide bonds. The number of aryl methyl sites for hydroxylation is 1. The number of aliphatic imine (C=N–C) groups is 1. The normalized spacial score (nSPS) is 25.3. The van der Waals surface area contributed by atoms with Gasteiger partial charge in [0.25, 0.3) is 0 Å². The van der Waals surface area contributed by atoms with E-state index in [1.54, 1.807) is 0 Å². The van der Waals surface area contributed by atoms with Gasteiger partial charge in [0.15, 0.2) is 0 Å². The molecule has 1 aliphatic heterocycles. The zero-order valence-electron chi connectivity index (χ0n) is 19.7. The average molecular weight is 410 g/mol. The number of likely N-dealkylation sites (tertiary alicyclic amines) is 1. The third kappa shape index (κ3) is 6.97. The molecule has 0 bridgehead atoms. The fraction of sp³-hybridized carbons (Fsp3) is 0.667. The minimum atomic E-state index is 0.575. The SMILES string of the molecule is Cc1ccc(C(N)=CC=NCC(C)CN2CC(C)CC(C)C2)cc1CC1CCCC1. The van der Waals surface area contributed by atoms with Crippen LogP contribution >= 0.6 is 0 Å². The lowest BCUT2D eigenvalue weighted by molar-refractivity contribution is 0.126. The molecule has 3 rings (SSSR count). The van der Waals surface area contributed by atoms with E-state index in [1.807, 2.05) is 12.3 Å². The van der Waals surface area contributed by atoms with Gasteiger partial charge in [-0.25, -0.2) is 0 Å². The molecule has 1 aromatic rings. The Labute approximate surface area is 184 Å². The van der Waals surface area contributed by atoms with E-state index in [0.717, 1.165) is 42.1 Å². The molecule has 30 heavy (non-hydrogen) atoms. The fourth-order valence-electron chi connectivity index (χ4n) is 5.51. The van der Waals surface area contributed by atoms with Crippen LogP contribution in [0.25, 0.3) is 5.70 Å². The summed E-state index contributed by atoms with van der Waals surface area (Å²) in [6.45, 7) is 13.8. The molecule has 0 aromatic heterocycles. The number of allylic oxidation sites excluding steroid dienone is 1. The van der Waals surface area contributed by atoms with Crippen molar-refractivity contribution in [2.45, 2.75) is 66.2 Å². The lowest BCUT2D eigenvalue weighted by atomic mass is 9.91. The molecule has 1 aromatic carbocycles. The van der Waals surface area contributed by atoms with Crippen LogP contribution in [0.2, 0.25) is 0 Å². The van der Waals surface area contributed by atoms with Gasteiger partial charge in [0.1, 0.15) is 0 Å². The summed E-state index contributed by atoms with van der Waals surface area (Å²) in [7, 11) is 0. The highest BCUT2D eigenvalue weighted by molar-refractivity contribution is 5.83. The molecular formula is C27H43N3. The fourth-order valence-corrected chi connectivity index (χ4v) is 5.51. The van der Waals surface area contributed by atoms with Crippen LogP contribution in [0.3, 0.4) is 0 Å². The van der Waals surface area contributed by atoms with Crippen LogP contribution in [0.1, 0.15) is 69.6 Å². The van der Waals surface area contributed by atoms with Crippen molar-refractivity contribution in [2.75, 3.05) is 26.2 Å². The zero-order chi connectivity index (χ0) is 21.5. The Morgan fingerprint density at radius 2 is 1.90 bits per heavy atom. The van der Waals surface area contributed by atoms with Crippen LogP contribution in [0.5, 0.6) is 0 Å². The zero-order valence-corrected chi connectivity index (χ0v) is 19.7. The first-order valence-electron chi connectivity index (χ1n) is 12.2. The Hall–Kier alpha value is -1.61. The van der Waals surface area contributed by atoms with E-state index < -0.39 is 0 Å². The summed E-state index contributed by atoms with van der Waals surface area (Å²) in [5.41, 5.74) is 11.2. The molecule has 3 heteroatoms. The smallest absolute Gasteiger partial charge is 0.0427 e.